The van der Waals surface area contributed by atoms with Gasteiger partial charge in [0.25, 0.3) is 0 Å². The van der Waals surface area contributed by atoms with Gasteiger partial charge in [-0.1, -0.05) is 0 Å². The summed E-state index contributed by atoms with van der Waals surface area (Å²) in [6.07, 6.45) is 1.87. The molecular formula is C8H7NS. The molecule has 1 heterocycles. The lowest BCUT2D eigenvalue weighted by Gasteiger charge is -1.82. The summed E-state index contributed by atoms with van der Waals surface area (Å²) in [5.41, 5.74) is 1.86. The summed E-state index contributed by atoms with van der Waals surface area (Å²) in [6.45, 7) is 1.80. The van der Waals surface area contributed by atoms with E-state index in [0.717, 1.165) is 11.1 Å². The minimum absolute atomic E-state index is 0.749. The second-order valence-corrected chi connectivity index (χ2v) is 2.78. The molecule has 50 valence electrons. The van der Waals surface area contributed by atoms with E-state index in [9.17, 15) is 0 Å². The maximum absolute atomic E-state index is 8.42. The Balaban J connectivity index is 2.83. The van der Waals surface area contributed by atoms with Gasteiger partial charge in [-0.25, -0.2) is 0 Å². The highest BCUT2D eigenvalue weighted by atomic mass is 32.1. The van der Waals surface area contributed by atoms with Crippen LogP contribution >= 0.6 is 11.3 Å². The molecule has 0 radical (unpaired) electrons. The van der Waals surface area contributed by atoms with Gasteiger partial charge in [0, 0.05) is 5.57 Å². The number of allylic oxidation sites excluding steroid dienone is 1. The van der Waals surface area contributed by atoms with Crippen LogP contribution < -0.4 is 0 Å². The fraction of sp³-hybridized carbons (Fsp3) is 0.125. The summed E-state index contributed by atoms with van der Waals surface area (Å²) < 4.78 is 0. The van der Waals surface area contributed by atoms with Crippen LogP contribution in [0.4, 0.5) is 0 Å². The van der Waals surface area contributed by atoms with Gasteiger partial charge in [-0.05, 0) is 35.4 Å². The number of hydrogen-bond donors (Lipinski definition) is 0. The highest BCUT2D eigenvalue weighted by Crippen LogP contribution is 2.09. The molecule has 0 saturated heterocycles. The lowest BCUT2D eigenvalue weighted by atomic mass is 10.2. The molecule has 0 aliphatic carbocycles. The number of hydrogen-bond acceptors (Lipinski definition) is 2. The second kappa shape index (κ2) is 3.19. The van der Waals surface area contributed by atoms with Crippen molar-refractivity contribution in [2.24, 2.45) is 0 Å². The van der Waals surface area contributed by atoms with Gasteiger partial charge in [0.1, 0.15) is 0 Å². The summed E-state index contributed by atoms with van der Waals surface area (Å²) in [5, 5.41) is 12.4. The van der Waals surface area contributed by atoms with Crippen molar-refractivity contribution < 1.29 is 0 Å². The van der Waals surface area contributed by atoms with E-state index in [-0.39, 0.29) is 0 Å². The van der Waals surface area contributed by atoms with Crippen molar-refractivity contribution in [2.45, 2.75) is 6.92 Å². The molecule has 0 bridgehead atoms. The first-order valence-corrected chi connectivity index (χ1v) is 3.88. The third-order valence-corrected chi connectivity index (χ3v) is 1.80. The molecule has 0 aliphatic heterocycles. The number of rotatable bonds is 1. The van der Waals surface area contributed by atoms with Gasteiger partial charge < -0.3 is 0 Å². The molecule has 2 heteroatoms. The monoisotopic (exact) mass is 149 g/mol. The molecule has 0 spiro atoms. The van der Waals surface area contributed by atoms with Gasteiger partial charge in [-0.2, -0.15) is 16.6 Å². The summed E-state index contributed by atoms with van der Waals surface area (Å²) >= 11 is 1.64. The minimum atomic E-state index is 0.749. The summed E-state index contributed by atoms with van der Waals surface area (Å²) in [6, 6.07) is 4.06. The van der Waals surface area contributed by atoms with Crippen molar-refractivity contribution in [3.8, 4) is 6.07 Å². The van der Waals surface area contributed by atoms with Crippen LogP contribution in [0.1, 0.15) is 12.5 Å². The van der Waals surface area contributed by atoms with E-state index in [2.05, 4.69) is 6.07 Å². The molecule has 1 nitrogen and oxygen atoms in total. The Kier molecular flexibility index (Phi) is 2.24. The maximum Gasteiger partial charge on any atom is 0.0944 e. The van der Waals surface area contributed by atoms with E-state index in [0.29, 0.717) is 0 Å². The van der Waals surface area contributed by atoms with Crippen LogP contribution in [0.15, 0.2) is 22.4 Å². The minimum Gasteiger partial charge on any atom is -0.193 e. The fourth-order valence-corrected chi connectivity index (χ4v) is 1.26. The van der Waals surface area contributed by atoms with Crippen LogP contribution in [0, 0.1) is 11.3 Å². The van der Waals surface area contributed by atoms with E-state index in [4.69, 9.17) is 5.26 Å². The van der Waals surface area contributed by atoms with Crippen molar-refractivity contribution in [2.75, 3.05) is 0 Å². The lowest BCUT2D eigenvalue weighted by molar-refractivity contribution is 1.46. The average molecular weight is 149 g/mol. The number of nitriles is 1. The quantitative estimate of drug-likeness (QED) is 0.563. The first-order valence-electron chi connectivity index (χ1n) is 2.93. The van der Waals surface area contributed by atoms with E-state index >= 15 is 0 Å². The van der Waals surface area contributed by atoms with Crippen molar-refractivity contribution in [1.29, 1.82) is 5.26 Å². The van der Waals surface area contributed by atoms with Gasteiger partial charge in [0.05, 0.1) is 6.07 Å². The average Bonchev–Trinajstić information content (AvgIpc) is 2.40. The zero-order chi connectivity index (χ0) is 7.40. The normalized spacial score (nSPS) is 11.0. The molecule has 0 N–H and O–H groups in total. The van der Waals surface area contributed by atoms with Crippen molar-refractivity contribution in [3.05, 3.63) is 28.0 Å². The predicted octanol–water partition coefficient (Wildman–Crippen LogP) is 2.67. The van der Waals surface area contributed by atoms with Gasteiger partial charge in [0.2, 0.25) is 0 Å². The number of thiophene rings is 1. The molecule has 0 atom stereocenters. The Labute approximate surface area is 64.2 Å². The first kappa shape index (κ1) is 7.04. The smallest absolute Gasteiger partial charge is 0.0944 e. The predicted molar refractivity (Wildman–Crippen MR) is 43.6 cm³/mol. The Hall–Kier alpha value is -1.07. The Morgan fingerprint density at radius 1 is 1.80 bits per heavy atom. The molecule has 0 aromatic carbocycles. The molecule has 10 heavy (non-hydrogen) atoms. The Morgan fingerprint density at radius 2 is 2.60 bits per heavy atom. The number of nitrogens with zero attached hydrogens (tertiary/aromatic N) is 1. The molecule has 0 unspecified atom stereocenters. The largest absolute Gasteiger partial charge is 0.193 e. The van der Waals surface area contributed by atoms with Gasteiger partial charge >= 0.3 is 0 Å². The zero-order valence-electron chi connectivity index (χ0n) is 5.66. The van der Waals surface area contributed by atoms with E-state index in [1.165, 1.54) is 0 Å². The summed E-state index contributed by atoms with van der Waals surface area (Å²) in [5.74, 6) is 0. The topological polar surface area (TPSA) is 23.8 Å². The van der Waals surface area contributed by atoms with E-state index < -0.39 is 0 Å². The van der Waals surface area contributed by atoms with Crippen molar-refractivity contribution in [3.63, 3.8) is 0 Å². The van der Waals surface area contributed by atoms with Gasteiger partial charge in [-0.15, -0.1) is 0 Å². The Morgan fingerprint density at radius 3 is 3.10 bits per heavy atom. The highest BCUT2D eigenvalue weighted by molar-refractivity contribution is 7.08. The second-order valence-electron chi connectivity index (χ2n) is 2.00. The van der Waals surface area contributed by atoms with Crippen molar-refractivity contribution >= 4 is 17.4 Å². The molecule has 0 amide bonds. The molecule has 1 aromatic heterocycles. The first-order chi connectivity index (χ1) is 4.83. The highest BCUT2D eigenvalue weighted by Gasteiger charge is 1.87. The summed E-state index contributed by atoms with van der Waals surface area (Å²) in [4.78, 5) is 0. The standard InChI is InChI=1S/C8H7NS/c1-7(5-9)4-8-2-3-10-6-8/h2-4,6H,1H3/b7-4+. The maximum atomic E-state index is 8.42. The molecule has 0 saturated carbocycles. The van der Waals surface area contributed by atoms with Crippen LogP contribution in [0.25, 0.3) is 6.08 Å². The van der Waals surface area contributed by atoms with Crippen LogP contribution in [0.2, 0.25) is 0 Å². The molecule has 0 aliphatic rings. The molecule has 0 fully saturated rings. The van der Waals surface area contributed by atoms with Crippen LogP contribution in [0.3, 0.4) is 0 Å². The molecule has 1 aromatic rings. The fourth-order valence-electron chi connectivity index (χ4n) is 0.639. The van der Waals surface area contributed by atoms with Gasteiger partial charge in [-0.3, -0.25) is 0 Å². The van der Waals surface area contributed by atoms with E-state index in [1.54, 1.807) is 18.3 Å². The van der Waals surface area contributed by atoms with Crippen LogP contribution in [-0.2, 0) is 0 Å². The van der Waals surface area contributed by atoms with Gasteiger partial charge in [0.15, 0.2) is 0 Å². The lowest BCUT2D eigenvalue weighted by Crippen LogP contribution is -1.66. The third kappa shape index (κ3) is 1.71. The SMILES string of the molecule is C/C(C#N)=C\c1ccsc1. The third-order valence-electron chi connectivity index (χ3n) is 1.10. The zero-order valence-corrected chi connectivity index (χ0v) is 6.48. The summed E-state index contributed by atoms with van der Waals surface area (Å²) in [7, 11) is 0. The van der Waals surface area contributed by atoms with Crippen LogP contribution in [0.5, 0.6) is 0 Å². The molecule has 1 rings (SSSR count). The van der Waals surface area contributed by atoms with E-state index in [1.807, 2.05) is 22.9 Å². The van der Waals surface area contributed by atoms with Crippen LogP contribution in [-0.4, -0.2) is 0 Å². The van der Waals surface area contributed by atoms with Crippen molar-refractivity contribution in [1.82, 2.24) is 0 Å². The molecular weight excluding hydrogens is 142 g/mol. The Bertz CT molecular complexity index is 264.